The van der Waals surface area contributed by atoms with Crippen LogP contribution in [0.15, 0.2) is 199 Å². The van der Waals surface area contributed by atoms with Crippen LogP contribution in [0.1, 0.15) is 86.2 Å². The molecule has 0 saturated heterocycles. The molecule has 0 aliphatic rings. The maximum atomic E-state index is 14.9. The number of carbonyl (C=O) groups excluding carboxylic acids is 2. The molecule has 0 bridgehead atoms. The van der Waals surface area contributed by atoms with E-state index < -0.39 is 53.1 Å². The maximum Gasteiger partial charge on any atom is 0.420 e. The number of benzene rings is 4. The number of pyridine rings is 6. The Morgan fingerprint density at radius 2 is 0.903 bits per heavy atom. The van der Waals surface area contributed by atoms with Gasteiger partial charge >= 0.3 is 12.2 Å². The molecule has 0 fully saturated rings. The number of aryl methyl sites for hydroxylation is 2. The summed E-state index contributed by atoms with van der Waals surface area (Å²) in [6.07, 6.45) is 6.73. The van der Waals surface area contributed by atoms with Crippen LogP contribution in [0.3, 0.4) is 0 Å². The van der Waals surface area contributed by atoms with Gasteiger partial charge in [-0.1, -0.05) is 136 Å². The smallest absolute Gasteiger partial charge is 0.420 e. The van der Waals surface area contributed by atoms with E-state index in [1.807, 2.05) is 124 Å². The molecule has 0 amide bonds. The molecule has 0 radical (unpaired) electrons. The highest BCUT2D eigenvalue weighted by Gasteiger charge is 2.24. The second kappa shape index (κ2) is 39.4. The largest absolute Gasteiger partial charge is 0.443 e. The van der Waals surface area contributed by atoms with Gasteiger partial charge in [-0.25, -0.2) is 43.6 Å². The molecule has 12 aromatic rings. The number of rotatable bonds is 13. The summed E-state index contributed by atoms with van der Waals surface area (Å²) in [5.74, 6) is -1.83. The highest BCUT2D eigenvalue weighted by molar-refractivity contribution is 9.10. The minimum absolute atomic E-state index is 0.227. The van der Waals surface area contributed by atoms with E-state index in [2.05, 4.69) is 56.5 Å². The minimum Gasteiger partial charge on any atom is -0.443 e. The van der Waals surface area contributed by atoms with Gasteiger partial charge in [-0.15, -0.1) is 11.6 Å². The molecule has 15 nitrogen and oxygen atoms in total. The van der Waals surface area contributed by atoms with Gasteiger partial charge < -0.3 is 25.8 Å². The number of halogens is 13. The van der Waals surface area contributed by atoms with Crippen molar-refractivity contribution in [2.24, 2.45) is 5.73 Å². The number of ether oxygens (including phenoxy) is 2. The number of carbonyl (C=O) groups is 2. The van der Waals surface area contributed by atoms with E-state index in [1.54, 1.807) is 75.6 Å². The van der Waals surface area contributed by atoms with Gasteiger partial charge in [-0.05, 0) is 207 Å². The number of anilines is 2. The second-order valence-corrected chi connectivity index (χ2v) is 27.9. The summed E-state index contributed by atoms with van der Waals surface area (Å²) in [7, 11) is 0. The van der Waals surface area contributed by atoms with Gasteiger partial charge in [-0.2, -0.15) is 26.9 Å². The van der Waals surface area contributed by atoms with Gasteiger partial charge in [-0.3, -0.25) is 0 Å². The second-order valence-electron chi connectivity index (χ2n) is 24.1. The molecule has 4 aromatic carbocycles. The van der Waals surface area contributed by atoms with Crippen LogP contribution in [0, 0.1) is 29.7 Å². The van der Waals surface area contributed by atoms with Crippen molar-refractivity contribution in [2.75, 3.05) is 10.6 Å². The SMILES string of the molecule is CC(C)(C)OC(=O)n1cc(CCl)c2cc(Cl)cnc21.CC(C)(C)OC(=O)n1cc(Cc2ccc(CCc3ccc(Cl)cc3)nc2F)c2cc(Cl)cnc21.Fc1cccc(F)n1.Fc1cccc(NCc2ccc(Cl)cc2)n1.Fc1nc(NCc2ccc(Cl)cc2)ccc1Br.NCc1ccc(Cl)cc1. The lowest BCUT2D eigenvalue weighted by Crippen LogP contribution is -2.26. The fraction of sp³-hybridized carbons (Fsp3) is 0.200. The number of fused-ring (bicyclic) bond motifs is 2. The Bertz CT molecular complexity index is 4750. The average molecular weight is 1610 g/mol. The van der Waals surface area contributed by atoms with E-state index in [4.69, 9.17) is 96.4 Å². The molecular weight excluding hydrogens is 1540 g/mol. The third kappa shape index (κ3) is 27.6. The molecule has 0 aliphatic carbocycles. The molecule has 0 saturated carbocycles. The Balaban J connectivity index is 0.000000185. The normalized spacial score (nSPS) is 10.9. The predicted molar refractivity (Wildman–Crippen MR) is 405 cm³/mol. The van der Waals surface area contributed by atoms with Crippen molar-refractivity contribution in [3.63, 3.8) is 0 Å². The van der Waals surface area contributed by atoms with Crippen LogP contribution in [0.2, 0.25) is 30.1 Å². The Hall–Kier alpha value is -8.48. The monoisotopic (exact) mass is 1610 g/mol. The number of nitrogens with two attached hydrogens (primary N) is 1. The molecule has 28 heteroatoms. The molecule has 538 valence electrons. The summed E-state index contributed by atoms with van der Waals surface area (Å²) in [5.41, 5.74) is 11.9. The van der Waals surface area contributed by atoms with Crippen LogP contribution < -0.4 is 16.4 Å². The first kappa shape index (κ1) is 81.8. The first-order chi connectivity index (χ1) is 48.9. The summed E-state index contributed by atoms with van der Waals surface area (Å²) in [6, 6.07) is 48.4. The Labute approximate surface area is 636 Å². The Kier molecular flexibility index (Phi) is 31.3. The fourth-order valence-corrected chi connectivity index (χ4v) is 10.2. The van der Waals surface area contributed by atoms with Crippen molar-refractivity contribution in [3.8, 4) is 0 Å². The fourth-order valence-electron chi connectivity index (χ4n) is 8.96. The third-order valence-corrected chi connectivity index (χ3v) is 16.1. The maximum absolute atomic E-state index is 14.9. The van der Waals surface area contributed by atoms with Crippen LogP contribution in [-0.4, -0.2) is 62.4 Å². The quantitative estimate of drug-likeness (QED) is 0.0562. The molecule has 8 aromatic heterocycles. The van der Waals surface area contributed by atoms with Gasteiger partial charge in [0.15, 0.2) is 0 Å². The number of hydrogen-bond donors (Lipinski definition) is 3. The molecule has 103 heavy (non-hydrogen) atoms. The van der Waals surface area contributed by atoms with E-state index in [1.165, 1.54) is 33.7 Å². The van der Waals surface area contributed by atoms with Crippen LogP contribution in [0.5, 0.6) is 0 Å². The van der Waals surface area contributed by atoms with Crippen molar-refractivity contribution in [1.82, 2.24) is 39.0 Å². The zero-order valence-electron chi connectivity index (χ0n) is 56.1. The van der Waals surface area contributed by atoms with Crippen LogP contribution in [0.25, 0.3) is 22.1 Å². The predicted octanol–water partition coefficient (Wildman–Crippen LogP) is 22.1. The van der Waals surface area contributed by atoms with Gasteiger partial charge in [0.1, 0.15) is 34.1 Å². The summed E-state index contributed by atoms with van der Waals surface area (Å²) in [5, 5.41) is 11.2. The molecule has 0 spiro atoms. The van der Waals surface area contributed by atoms with E-state index in [9.17, 15) is 31.5 Å². The van der Waals surface area contributed by atoms with Gasteiger partial charge in [0.25, 0.3) is 0 Å². The minimum atomic E-state index is -0.787. The first-order valence-electron chi connectivity index (χ1n) is 31.3. The molecule has 0 unspecified atom stereocenters. The van der Waals surface area contributed by atoms with Crippen molar-refractivity contribution < 1.29 is 41.0 Å². The third-order valence-electron chi connectivity index (χ3n) is 13.8. The van der Waals surface area contributed by atoms with Crippen molar-refractivity contribution in [2.45, 2.75) is 97.5 Å². The van der Waals surface area contributed by atoms with Gasteiger partial charge in [0.2, 0.25) is 29.7 Å². The lowest BCUT2D eigenvalue weighted by molar-refractivity contribution is 0.0532. The van der Waals surface area contributed by atoms with Gasteiger partial charge in [0, 0.05) is 98.8 Å². The number of hydrogen-bond acceptors (Lipinski definition) is 13. The summed E-state index contributed by atoms with van der Waals surface area (Å²) in [4.78, 5) is 47.8. The number of nitrogens with one attached hydrogen (secondary N) is 2. The molecule has 12 rings (SSSR count). The molecule has 0 atom stereocenters. The summed E-state index contributed by atoms with van der Waals surface area (Å²) >= 11 is 44.1. The van der Waals surface area contributed by atoms with Crippen molar-refractivity contribution in [3.05, 3.63) is 304 Å². The molecular formula is C75H68BrCl7F5N11O4. The lowest BCUT2D eigenvalue weighted by Gasteiger charge is -2.19. The summed E-state index contributed by atoms with van der Waals surface area (Å²) in [6.45, 7) is 12.5. The van der Waals surface area contributed by atoms with Crippen LogP contribution in [-0.2, 0) is 54.3 Å². The molecule has 0 aliphatic heterocycles. The Morgan fingerprint density at radius 1 is 0.476 bits per heavy atom. The number of alkyl halides is 1. The van der Waals surface area contributed by atoms with Crippen molar-refractivity contribution in [1.29, 1.82) is 0 Å². The molecule has 8 heterocycles. The van der Waals surface area contributed by atoms with E-state index >= 15 is 0 Å². The topological polar surface area (TPSA) is 190 Å². The van der Waals surface area contributed by atoms with Crippen LogP contribution >= 0.6 is 97.1 Å². The number of nitrogens with zero attached hydrogens (tertiary/aromatic N) is 8. The van der Waals surface area contributed by atoms with Crippen molar-refractivity contribution >= 4 is 143 Å². The zero-order valence-corrected chi connectivity index (χ0v) is 63.0. The average Bonchev–Trinajstić information content (AvgIpc) is 1.64. The van der Waals surface area contributed by atoms with E-state index in [0.29, 0.717) is 101 Å². The van der Waals surface area contributed by atoms with E-state index in [-0.39, 0.29) is 12.3 Å². The summed E-state index contributed by atoms with van der Waals surface area (Å²) < 4.78 is 78.3. The first-order valence-corrected chi connectivity index (χ1v) is 34.9. The van der Waals surface area contributed by atoms with Crippen LogP contribution in [0.4, 0.5) is 43.2 Å². The van der Waals surface area contributed by atoms with Gasteiger partial charge in [0.05, 0.1) is 14.5 Å². The zero-order chi connectivity index (χ0) is 75.0. The highest BCUT2D eigenvalue weighted by atomic mass is 79.9. The lowest BCUT2D eigenvalue weighted by atomic mass is 10.0. The standard InChI is InChI=1S/C26H24Cl2FN3O2.C13H14Cl2N2O2.C12H9BrClFN2.C12H10ClFN2.C7H8ClN.C5H3F2N/c1-26(2,3)34-25(33)32-15-18(22-13-20(28)14-30-24(22)32)12-17-7-11-21(31-23(17)29)10-6-16-4-8-19(27)9-5-16;1-13(2,3)19-12(18)17-7-8(5-14)10-4-9(15)6-16-11(10)17;13-10-5-6-11(17-12(10)15)16-7-8-1-3-9(14)4-2-8;13-10-6-4-9(5-7-10)8-15-12-3-1-2-11(14)16-12;8-7-3-1-6(5-9)2-4-7;6-4-2-1-3-5(7)8-4/h4-5,7-9,11,13-15H,6,10,12H2,1-3H3;4,6-7H,5H2,1-3H3;1-6H,7H2,(H,16,17);1-7H,8H2,(H,15,16);1-4H,5,9H2;1-3H. The Morgan fingerprint density at radius 3 is 1.32 bits per heavy atom. The molecule has 4 N–H and O–H groups in total. The number of aromatic nitrogens is 8. The highest BCUT2D eigenvalue weighted by Crippen LogP contribution is 2.29. The van der Waals surface area contributed by atoms with E-state index in [0.717, 1.165) is 56.8 Å².